The summed E-state index contributed by atoms with van der Waals surface area (Å²) in [6.07, 6.45) is 6.11. The number of rotatable bonds is 5. The van der Waals surface area contributed by atoms with E-state index in [0.717, 1.165) is 54.1 Å². The minimum atomic E-state index is -0.838. The van der Waals surface area contributed by atoms with Crippen LogP contribution in [0.15, 0.2) is 97.3 Å². The molecule has 52 heavy (non-hydrogen) atoms. The van der Waals surface area contributed by atoms with E-state index in [0.29, 0.717) is 55.3 Å². The Kier molecular flexibility index (Phi) is 9.96. The summed E-state index contributed by atoms with van der Waals surface area (Å²) in [4.78, 5) is 32.9. The summed E-state index contributed by atoms with van der Waals surface area (Å²) in [7, 11) is 1.63. The maximum absolute atomic E-state index is 12.7. The standard InChI is InChI=1S/C22H26N2O2.C20H23N3O3/c1-15-8-9-20(16(2)10-15)23-21(25)24-13-17-11-22(26,12-18(17)14-24)19-6-4-3-5-7-19;1-26-18-6-2-4-16(8-18)20(25)9-14-12-23(13-15(14)10-20)19(24)22-17-5-3-7-21-11-17/h3-10,17-18,26H,11-14H2,1-2H3,(H,23,25);2-8,11,14-15,25H,9-10,12-13H2,1H3,(H,22,24). The van der Waals surface area contributed by atoms with E-state index in [1.54, 1.807) is 25.6 Å². The van der Waals surface area contributed by atoms with Crippen molar-refractivity contribution in [2.24, 2.45) is 23.7 Å². The summed E-state index contributed by atoms with van der Waals surface area (Å²) in [5.41, 5.74) is 4.16. The van der Waals surface area contributed by atoms with Gasteiger partial charge in [-0.3, -0.25) is 4.98 Å². The van der Waals surface area contributed by atoms with Crippen molar-refractivity contribution in [1.29, 1.82) is 0 Å². The predicted molar refractivity (Wildman–Crippen MR) is 201 cm³/mol. The second-order valence-corrected chi connectivity index (χ2v) is 15.2. The molecule has 10 heteroatoms. The van der Waals surface area contributed by atoms with Crippen LogP contribution in [0, 0.1) is 37.5 Å². The van der Waals surface area contributed by atoms with Crippen molar-refractivity contribution in [3.8, 4) is 5.75 Å². The summed E-state index contributed by atoms with van der Waals surface area (Å²) in [5.74, 6) is 2.11. The zero-order valence-corrected chi connectivity index (χ0v) is 30.2. The lowest BCUT2D eigenvalue weighted by molar-refractivity contribution is 0.0324. The number of aromatic nitrogens is 1. The Morgan fingerprint density at radius 3 is 1.85 bits per heavy atom. The van der Waals surface area contributed by atoms with Gasteiger partial charge in [0.25, 0.3) is 0 Å². The number of ether oxygens (including phenoxy) is 1. The summed E-state index contributed by atoms with van der Waals surface area (Å²) in [5, 5.41) is 28.2. The first-order chi connectivity index (χ1) is 25.0. The van der Waals surface area contributed by atoms with Crippen LogP contribution in [0.4, 0.5) is 21.0 Å². The maximum atomic E-state index is 12.7. The van der Waals surface area contributed by atoms with E-state index in [-0.39, 0.29) is 12.1 Å². The molecule has 3 aromatic carbocycles. The number of aliphatic hydroxyl groups is 2. The number of amides is 4. The number of pyridine rings is 1. The molecule has 1 aromatic heterocycles. The monoisotopic (exact) mass is 703 g/mol. The first kappa shape index (κ1) is 35.5. The minimum Gasteiger partial charge on any atom is -0.497 e. The molecule has 4 aliphatic rings. The predicted octanol–water partition coefficient (Wildman–Crippen LogP) is 6.92. The number of likely N-dealkylation sites (tertiary alicyclic amines) is 2. The highest BCUT2D eigenvalue weighted by molar-refractivity contribution is 5.90. The van der Waals surface area contributed by atoms with Crippen LogP contribution in [0.3, 0.4) is 0 Å². The lowest BCUT2D eigenvalue weighted by Crippen LogP contribution is -2.35. The Balaban J connectivity index is 0.000000162. The van der Waals surface area contributed by atoms with E-state index in [9.17, 15) is 19.8 Å². The number of fused-ring (bicyclic) bond motifs is 2. The molecule has 2 saturated heterocycles. The smallest absolute Gasteiger partial charge is 0.321 e. The van der Waals surface area contributed by atoms with Crippen molar-refractivity contribution < 1.29 is 24.5 Å². The molecule has 4 aromatic rings. The number of aryl methyl sites for hydroxylation is 2. The second-order valence-electron chi connectivity index (χ2n) is 15.2. The molecule has 8 rings (SSSR count). The number of hydrogen-bond acceptors (Lipinski definition) is 6. The van der Waals surface area contributed by atoms with E-state index in [1.165, 1.54) is 5.56 Å². The molecular weight excluding hydrogens is 654 g/mol. The van der Waals surface area contributed by atoms with Crippen molar-refractivity contribution in [1.82, 2.24) is 14.8 Å². The largest absolute Gasteiger partial charge is 0.497 e. The molecule has 2 aliphatic carbocycles. The first-order valence-corrected chi connectivity index (χ1v) is 18.3. The number of anilines is 2. The van der Waals surface area contributed by atoms with Gasteiger partial charge >= 0.3 is 12.1 Å². The van der Waals surface area contributed by atoms with Gasteiger partial charge in [-0.1, -0.05) is 60.2 Å². The molecule has 4 fully saturated rings. The van der Waals surface area contributed by atoms with Crippen LogP contribution in [-0.4, -0.2) is 70.3 Å². The van der Waals surface area contributed by atoms with Gasteiger partial charge in [-0.2, -0.15) is 0 Å². The van der Waals surface area contributed by atoms with Gasteiger partial charge in [-0.25, -0.2) is 9.59 Å². The number of carbonyl (C=O) groups excluding carboxylic acids is 2. The van der Waals surface area contributed by atoms with E-state index in [2.05, 4.69) is 21.7 Å². The highest BCUT2D eigenvalue weighted by atomic mass is 16.5. The fourth-order valence-corrected chi connectivity index (χ4v) is 8.96. The fourth-order valence-electron chi connectivity index (χ4n) is 8.96. The number of nitrogens with zero attached hydrogens (tertiary/aromatic N) is 3. The molecule has 0 radical (unpaired) electrons. The number of carbonyl (C=O) groups is 2. The van der Waals surface area contributed by atoms with Crippen LogP contribution >= 0.6 is 0 Å². The average molecular weight is 704 g/mol. The van der Waals surface area contributed by atoms with Crippen LogP contribution in [-0.2, 0) is 11.2 Å². The zero-order chi connectivity index (χ0) is 36.5. The van der Waals surface area contributed by atoms with Gasteiger partial charge in [0.15, 0.2) is 0 Å². The molecule has 0 bridgehead atoms. The van der Waals surface area contributed by atoms with Gasteiger partial charge in [0.1, 0.15) is 5.75 Å². The normalized spacial score (nSPS) is 27.3. The van der Waals surface area contributed by atoms with Crippen LogP contribution in [0.1, 0.15) is 47.9 Å². The Hall–Kier alpha value is -4.93. The van der Waals surface area contributed by atoms with Gasteiger partial charge in [0.2, 0.25) is 0 Å². The van der Waals surface area contributed by atoms with E-state index < -0.39 is 11.2 Å². The van der Waals surface area contributed by atoms with Crippen molar-refractivity contribution >= 4 is 23.4 Å². The third-order valence-electron chi connectivity index (χ3n) is 11.6. The Labute approximate surface area is 305 Å². The SMILES string of the molecule is COc1cccc(C2(O)CC3CN(C(=O)Nc4cccnc4)CC3C2)c1.Cc1ccc(NC(=O)N2CC3CC(O)(c4ccccc4)CC3C2)c(C)c1. The van der Waals surface area contributed by atoms with E-state index in [1.807, 2.05) is 96.4 Å². The lowest BCUT2D eigenvalue weighted by atomic mass is 9.90. The number of methoxy groups -OCH3 is 1. The first-order valence-electron chi connectivity index (χ1n) is 18.3. The van der Waals surface area contributed by atoms with Gasteiger partial charge in [-0.15, -0.1) is 0 Å². The molecule has 0 spiro atoms. The third-order valence-corrected chi connectivity index (χ3v) is 11.6. The quantitative estimate of drug-likeness (QED) is 0.179. The highest BCUT2D eigenvalue weighted by Crippen LogP contribution is 2.50. The van der Waals surface area contributed by atoms with Crippen molar-refractivity contribution in [3.05, 3.63) is 120 Å². The molecule has 272 valence electrons. The average Bonchev–Trinajstić information content (AvgIpc) is 3.89. The summed E-state index contributed by atoms with van der Waals surface area (Å²) >= 11 is 0. The van der Waals surface area contributed by atoms with E-state index in [4.69, 9.17) is 4.74 Å². The van der Waals surface area contributed by atoms with Crippen molar-refractivity contribution in [2.75, 3.05) is 43.9 Å². The van der Waals surface area contributed by atoms with Crippen LogP contribution in [0.5, 0.6) is 5.75 Å². The fraction of sp³-hybridized carbons (Fsp3) is 0.405. The van der Waals surface area contributed by atoms with Crippen LogP contribution in [0.2, 0.25) is 0 Å². The summed E-state index contributed by atoms with van der Waals surface area (Å²) in [6.45, 7) is 6.84. The number of urea groups is 2. The van der Waals surface area contributed by atoms with Gasteiger partial charge in [-0.05, 0) is 110 Å². The highest BCUT2D eigenvalue weighted by Gasteiger charge is 2.51. The Morgan fingerprint density at radius 2 is 1.29 bits per heavy atom. The lowest BCUT2D eigenvalue weighted by Gasteiger charge is -2.27. The molecule has 10 nitrogen and oxygen atoms in total. The minimum absolute atomic E-state index is 0.0328. The summed E-state index contributed by atoms with van der Waals surface area (Å²) < 4.78 is 5.28. The third kappa shape index (κ3) is 7.49. The molecule has 2 saturated carbocycles. The molecule has 2 aliphatic heterocycles. The summed E-state index contributed by atoms with van der Waals surface area (Å²) in [6, 6.07) is 27.1. The van der Waals surface area contributed by atoms with Crippen molar-refractivity contribution in [2.45, 2.75) is 50.7 Å². The van der Waals surface area contributed by atoms with Gasteiger partial charge < -0.3 is 35.4 Å². The van der Waals surface area contributed by atoms with Crippen molar-refractivity contribution in [3.63, 3.8) is 0 Å². The van der Waals surface area contributed by atoms with Gasteiger partial charge in [0.05, 0.1) is 30.2 Å². The second kappa shape index (κ2) is 14.6. The Morgan fingerprint density at radius 1 is 0.712 bits per heavy atom. The van der Waals surface area contributed by atoms with Crippen LogP contribution < -0.4 is 15.4 Å². The maximum Gasteiger partial charge on any atom is 0.321 e. The molecule has 4 unspecified atom stereocenters. The van der Waals surface area contributed by atoms with Gasteiger partial charge in [0, 0.05) is 38.1 Å². The molecule has 4 N–H and O–H groups in total. The van der Waals surface area contributed by atoms with Crippen LogP contribution in [0.25, 0.3) is 0 Å². The Bertz CT molecular complexity index is 1860. The number of benzene rings is 3. The topological polar surface area (TPSA) is 127 Å². The zero-order valence-electron chi connectivity index (χ0n) is 30.2. The number of nitrogens with one attached hydrogen (secondary N) is 2. The number of hydrogen-bond donors (Lipinski definition) is 4. The molecule has 4 atom stereocenters. The molecule has 4 amide bonds. The molecule has 3 heterocycles. The van der Waals surface area contributed by atoms with E-state index >= 15 is 0 Å². The molecular formula is C42H49N5O5.